The lowest BCUT2D eigenvalue weighted by atomic mass is 10.1. The normalized spacial score (nSPS) is 20.5. The van der Waals surface area contributed by atoms with Gasteiger partial charge in [0.25, 0.3) is 0 Å². The highest BCUT2D eigenvalue weighted by Crippen LogP contribution is 2.07. The summed E-state index contributed by atoms with van der Waals surface area (Å²) >= 11 is 0. The van der Waals surface area contributed by atoms with Crippen LogP contribution in [0.2, 0.25) is 0 Å². The summed E-state index contributed by atoms with van der Waals surface area (Å²) in [4.78, 5) is 11.8. The molecule has 1 amide bonds. The smallest absolute Gasteiger partial charge is 0.237 e. The molecule has 0 aromatic rings. The molecule has 1 unspecified atom stereocenters. The monoisotopic (exact) mass is 228 g/mol. The third-order valence-electron chi connectivity index (χ3n) is 2.60. The van der Waals surface area contributed by atoms with Crippen LogP contribution in [-0.4, -0.2) is 36.7 Å². The number of hydrogen-bond donors (Lipinski definition) is 2. The molecule has 0 aromatic heterocycles. The Kier molecular flexibility index (Phi) is 4.74. The minimum atomic E-state index is -0.164. The first-order chi connectivity index (χ1) is 7.38. The van der Waals surface area contributed by atoms with Gasteiger partial charge in [0.2, 0.25) is 5.91 Å². The number of carbonyl (C=O) groups is 1. The molecule has 0 bridgehead atoms. The van der Waals surface area contributed by atoms with Crippen molar-refractivity contribution in [2.45, 2.75) is 58.2 Å². The Balaban J connectivity index is 2.33. The molecular formula is C12H24N2O2. The second-order valence-corrected chi connectivity index (χ2v) is 5.51. The van der Waals surface area contributed by atoms with E-state index in [4.69, 9.17) is 4.74 Å². The van der Waals surface area contributed by atoms with E-state index in [1.54, 1.807) is 0 Å². The molecular weight excluding hydrogens is 204 g/mol. The molecule has 1 rings (SSSR count). The van der Waals surface area contributed by atoms with E-state index in [1.807, 2.05) is 27.7 Å². The van der Waals surface area contributed by atoms with Crippen molar-refractivity contribution in [2.24, 2.45) is 0 Å². The van der Waals surface area contributed by atoms with E-state index in [1.165, 1.54) is 0 Å². The number of rotatable bonds is 3. The lowest BCUT2D eigenvalue weighted by molar-refractivity contribution is -0.124. The fourth-order valence-electron chi connectivity index (χ4n) is 1.77. The van der Waals surface area contributed by atoms with Crippen LogP contribution in [0.3, 0.4) is 0 Å². The van der Waals surface area contributed by atoms with Crippen molar-refractivity contribution in [1.82, 2.24) is 10.6 Å². The van der Waals surface area contributed by atoms with Crippen LogP contribution in [0, 0.1) is 0 Å². The van der Waals surface area contributed by atoms with Crippen LogP contribution in [0.4, 0.5) is 0 Å². The van der Waals surface area contributed by atoms with Crippen molar-refractivity contribution >= 4 is 5.91 Å². The molecule has 0 spiro atoms. The van der Waals surface area contributed by atoms with E-state index in [0.717, 1.165) is 26.1 Å². The second-order valence-electron chi connectivity index (χ2n) is 5.51. The van der Waals surface area contributed by atoms with Crippen LogP contribution < -0.4 is 10.6 Å². The molecule has 0 saturated carbocycles. The van der Waals surface area contributed by atoms with Gasteiger partial charge in [-0.1, -0.05) is 0 Å². The van der Waals surface area contributed by atoms with Crippen LogP contribution in [0.1, 0.15) is 40.5 Å². The van der Waals surface area contributed by atoms with E-state index in [9.17, 15) is 4.79 Å². The zero-order chi connectivity index (χ0) is 12.2. The van der Waals surface area contributed by atoms with Crippen LogP contribution >= 0.6 is 0 Å². The van der Waals surface area contributed by atoms with Gasteiger partial charge in [-0.3, -0.25) is 4.79 Å². The third-order valence-corrected chi connectivity index (χ3v) is 2.60. The molecule has 1 aliphatic rings. The Morgan fingerprint density at radius 1 is 1.31 bits per heavy atom. The molecule has 1 fully saturated rings. The standard InChI is InChI=1S/C12H24N2O2/c1-9(11(15)14-12(2,3)4)13-10-5-7-16-8-6-10/h9-10,13H,5-8H2,1-4H3,(H,14,15). The van der Waals surface area contributed by atoms with Gasteiger partial charge in [0.15, 0.2) is 0 Å². The summed E-state index contributed by atoms with van der Waals surface area (Å²) in [6.07, 6.45) is 1.99. The van der Waals surface area contributed by atoms with Gasteiger partial charge in [0.1, 0.15) is 0 Å². The summed E-state index contributed by atoms with van der Waals surface area (Å²) in [6, 6.07) is 0.275. The van der Waals surface area contributed by atoms with Crippen molar-refractivity contribution < 1.29 is 9.53 Å². The fraction of sp³-hybridized carbons (Fsp3) is 0.917. The lowest BCUT2D eigenvalue weighted by Gasteiger charge is -2.28. The van der Waals surface area contributed by atoms with Crippen molar-refractivity contribution in [3.8, 4) is 0 Å². The summed E-state index contributed by atoms with van der Waals surface area (Å²) < 4.78 is 5.28. The molecule has 1 atom stereocenters. The summed E-state index contributed by atoms with van der Waals surface area (Å²) in [7, 11) is 0. The molecule has 2 N–H and O–H groups in total. The Labute approximate surface area is 98.1 Å². The van der Waals surface area contributed by atoms with Crippen molar-refractivity contribution in [3.05, 3.63) is 0 Å². The highest BCUT2D eigenvalue weighted by Gasteiger charge is 2.22. The predicted molar refractivity (Wildman–Crippen MR) is 64.3 cm³/mol. The van der Waals surface area contributed by atoms with Crippen molar-refractivity contribution in [2.75, 3.05) is 13.2 Å². The Morgan fingerprint density at radius 2 is 1.88 bits per heavy atom. The molecule has 1 saturated heterocycles. The Morgan fingerprint density at radius 3 is 2.38 bits per heavy atom. The number of amides is 1. The molecule has 0 aromatic carbocycles. The molecule has 0 aliphatic carbocycles. The molecule has 4 heteroatoms. The predicted octanol–water partition coefficient (Wildman–Crippen LogP) is 1.06. The first-order valence-corrected chi connectivity index (χ1v) is 6.04. The SMILES string of the molecule is CC(NC1CCOCC1)C(=O)NC(C)(C)C. The number of hydrogen-bond acceptors (Lipinski definition) is 3. The first-order valence-electron chi connectivity index (χ1n) is 6.04. The highest BCUT2D eigenvalue weighted by atomic mass is 16.5. The van der Waals surface area contributed by atoms with Gasteiger partial charge >= 0.3 is 0 Å². The number of carbonyl (C=O) groups excluding carboxylic acids is 1. The van der Waals surface area contributed by atoms with Crippen LogP contribution in [0.15, 0.2) is 0 Å². The molecule has 16 heavy (non-hydrogen) atoms. The van der Waals surface area contributed by atoms with Gasteiger partial charge in [-0.15, -0.1) is 0 Å². The Bertz CT molecular complexity index is 230. The maximum absolute atomic E-state index is 11.8. The maximum atomic E-state index is 11.8. The van der Waals surface area contributed by atoms with Gasteiger partial charge in [-0.2, -0.15) is 0 Å². The average molecular weight is 228 g/mol. The quantitative estimate of drug-likeness (QED) is 0.759. The van der Waals surface area contributed by atoms with Gasteiger partial charge in [-0.25, -0.2) is 0 Å². The third kappa shape index (κ3) is 4.94. The highest BCUT2D eigenvalue weighted by molar-refractivity contribution is 5.81. The molecule has 1 heterocycles. The number of nitrogens with one attached hydrogen (secondary N) is 2. The number of ether oxygens (including phenoxy) is 1. The van der Waals surface area contributed by atoms with E-state index in [-0.39, 0.29) is 17.5 Å². The second kappa shape index (κ2) is 5.64. The van der Waals surface area contributed by atoms with Crippen molar-refractivity contribution in [3.63, 3.8) is 0 Å². The average Bonchev–Trinajstić information content (AvgIpc) is 2.16. The fourth-order valence-corrected chi connectivity index (χ4v) is 1.77. The van der Waals surface area contributed by atoms with Gasteiger partial charge in [0, 0.05) is 24.8 Å². The van der Waals surface area contributed by atoms with Gasteiger partial charge < -0.3 is 15.4 Å². The lowest BCUT2D eigenvalue weighted by Crippen LogP contribution is -2.52. The zero-order valence-corrected chi connectivity index (χ0v) is 10.8. The van der Waals surface area contributed by atoms with E-state index in [2.05, 4.69) is 10.6 Å². The van der Waals surface area contributed by atoms with Crippen LogP contribution in [-0.2, 0) is 9.53 Å². The van der Waals surface area contributed by atoms with Gasteiger partial charge in [0.05, 0.1) is 6.04 Å². The first kappa shape index (κ1) is 13.5. The van der Waals surface area contributed by atoms with Crippen LogP contribution in [0.5, 0.6) is 0 Å². The van der Waals surface area contributed by atoms with E-state index < -0.39 is 0 Å². The minimum absolute atomic E-state index is 0.0685. The molecule has 4 nitrogen and oxygen atoms in total. The van der Waals surface area contributed by atoms with E-state index >= 15 is 0 Å². The van der Waals surface area contributed by atoms with Gasteiger partial charge in [-0.05, 0) is 40.5 Å². The maximum Gasteiger partial charge on any atom is 0.237 e. The summed E-state index contributed by atoms with van der Waals surface area (Å²) in [5.41, 5.74) is -0.164. The van der Waals surface area contributed by atoms with Crippen LogP contribution in [0.25, 0.3) is 0 Å². The summed E-state index contributed by atoms with van der Waals surface area (Å²) in [6.45, 7) is 9.48. The van der Waals surface area contributed by atoms with E-state index in [0.29, 0.717) is 6.04 Å². The largest absolute Gasteiger partial charge is 0.381 e. The zero-order valence-electron chi connectivity index (χ0n) is 10.8. The molecule has 1 aliphatic heterocycles. The molecule has 0 radical (unpaired) electrons. The summed E-state index contributed by atoms with van der Waals surface area (Å²) in [5, 5.41) is 6.32. The van der Waals surface area contributed by atoms with Crippen molar-refractivity contribution in [1.29, 1.82) is 0 Å². The summed E-state index contributed by atoms with van der Waals surface area (Å²) in [5.74, 6) is 0.0685. The minimum Gasteiger partial charge on any atom is -0.381 e. The topological polar surface area (TPSA) is 50.4 Å². The Hall–Kier alpha value is -0.610. The molecule has 94 valence electrons.